The first-order valence-electron chi connectivity index (χ1n) is 9.57. The average molecular weight is 406 g/mol. The number of sulfonamides is 1. The second-order valence-corrected chi connectivity index (χ2v) is 9.71. The number of nitrogens with one attached hydrogen (secondary N) is 1. The highest BCUT2D eigenvalue weighted by molar-refractivity contribution is 7.89. The molecule has 2 saturated heterocycles. The standard InChI is InChI=1S/C19H23FN4O3S/c20-13-3-5-15(6-4-13)28(26,27)23-11-17-16(18(17)12-23)9-22-10-19(25)24-7-1-2-14(24)8-21/h3-6,14,16-18,22H,1-2,7,9-12H2/t14-,16?,17?,18?/m0/s1. The van der Waals surface area contributed by atoms with E-state index < -0.39 is 15.8 Å². The van der Waals surface area contributed by atoms with Gasteiger partial charge in [0, 0.05) is 19.6 Å². The van der Waals surface area contributed by atoms with Crippen molar-refractivity contribution < 1.29 is 17.6 Å². The number of carbonyl (C=O) groups excluding carboxylic acids is 1. The lowest BCUT2D eigenvalue weighted by atomic mass is 10.2. The molecule has 1 amide bonds. The van der Waals surface area contributed by atoms with Gasteiger partial charge in [0.2, 0.25) is 15.9 Å². The highest BCUT2D eigenvalue weighted by Crippen LogP contribution is 2.52. The molecule has 1 aromatic rings. The third-order valence-electron chi connectivity index (χ3n) is 6.17. The van der Waals surface area contributed by atoms with Gasteiger partial charge in [0.15, 0.2) is 0 Å². The van der Waals surface area contributed by atoms with Crippen LogP contribution in [-0.4, -0.2) is 62.3 Å². The third-order valence-corrected chi connectivity index (χ3v) is 8.01. The van der Waals surface area contributed by atoms with E-state index in [-0.39, 0.29) is 23.4 Å². The summed E-state index contributed by atoms with van der Waals surface area (Å²) in [6.07, 6.45) is 1.61. The van der Waals surface area contributed by atoms with Gasteiger partial charge in [-0.2, -0.15) is 9.57 Å². The van der Waals surface area contributed by atoms with Gasteiger partial charge in [0.05, 0.1) is 17.5 Å². The maximum absolute atomic E-state index is 13.0. The lowest BCUT2D eigenvalue weighted by Gasteiger charge is -2.21. The maximum Gasteiger partial charge on any atom is 0.243 e. The summed E-state index contributed by atoms with van der Waals surface area (Å²) in [7, 11) is -3.58. The first-order valence-corrected chi connectivity index (χ1v) is 11.0. The highest BCUT2D eigenvalue weighted by atomic mass is 32.2. The van der Waals surface area contributed by atoms with Gasteiger partial charge >= 0.3 is 0 Å². The van der Waals surface area contributed by atoms with Gasteiger partial charge < -0.3 is 10.2 Å². The lowest BCUT2D eigenvalue weighted by Crippen LogP contribution is -2.41. The number of likely N-dealkylation sites (tertiary alicyclic amines) is 1. The number of rotatable bonds is 6. The number of hydrogen-bond acceptors (Lipinski definition) is 5. The summed E-state index contributed by atoms with van der Waals surface area (Å²) in [5.41, 5.74) is 0. The van der Waals surface area contributed by atoms with Crippen LogP contribution < -0.4 is 5.32 Å². The smallest absolute Gasteiger partial charge is 0.243 e. The van der Waals surface area contributed by atoms with Crippen LogP contribution in [0.1, 0.15) is 12.8 Å². The molecule has 0 aromatic heterocycles. The van der Waals surface area contributed by atoms with Crippen LogP contribution in [0.4, 0.5) is 4.39 Å². The van der Waals surface area contributed by atoms with Crippen molar-refractivity contribution in [1.29, 1.82) is 5.26 Å². The van der Waals surface area contributed by atoms with Gasteiger partial charge in [-0.1, -0.05) is 0 Å². The first-order chi connectivity index (χ1) is 13.4. The molecule has 1 aliphatic carbocycles. The minimum atomic E-state index is -3.58. The van der Waals surface area contributed by atoms with E-state index in [9.17, 15) is 17.6 Å². The molecule has 150 valence electrons. The van der Waals surface area contributed by atoms with Crippen molar-refractivity contribution in [2.75, 3.05) is 32.7 Å². The van der Waals surface area contributed by atoms with Crippen molar-refractivity contribution in [3.05, 3.63) is 30.1 Å². The number of nitriles is 1. The lowest BCUT2D eigenvalue weighted by molar-refractivity contribution is -0.130. The molecule has 2 unspecified atom stereocenters. The summed E-state index contributed by atoms with van der Waals surface area (Å²) in [6, 6.07) is 6.77. The molecule has 1 N–H and O–H groups in total. The molecule has 28 heavy (non-hydrogen) atoms. The summed E-state index contributed by atoms with van der Waals surface area (Å²) in [6.45, 7) is 2.46. The average Bonchev–Trinajstić information content (AvgIpc) is 3.08. The first kappa shape index (κ1) is 19.3. The second-order valence-electron chi connectivity index (χ2n) is 7.77. The molecule has 2 aliphatic heterocycles. The van der Waals surface area contributed by atoms with E-state index >= 15 is 0 Å². The van der Waals surface area contributed by atoms with E-state index in [1.807, 2.05) is 0 Å². The maximum atomic E-state index is 13.0. The summed E-state index contributed by atoms with van der Waals surface area (Å²) in [5, 5.41) is 12.2. The predicted octanol–water partition coefficient (Wildman–Crippen LogP) is 0.796. The predicted molar refractivity (Wildman–Crippen MR) is 98.8 cm³/mol. The minimum absolute atomic E-state index is 0.0460. The fourth-order valence-corrected chi connectivity index (χ4v) is 6.03. The van der Waals surface area contributed by atoms with E-state index in [4.69, 9.17) is 5.26 Å². The number of piperidine rings is 1. The Bertz CT molecular complexity index is 887. The second kappa shape index (κ2) is 7.43. The number of nitrogens with zero attached hydrogens (tertiary/aromatic N) is 3. The molecule has 9 heteroatoms. The molecule has 3 fully saturated rings. The molecule has 7 nitrogen and oxygen atoms in total. The summed E-state index contributed by atoms with van der Waals surface area (Å²) in [4.78, 5) is 14.0. The van der Waals surface area contributed by atoms with Gasteiger partial charge in [-0.05, 0) is 61.4 Å². The summed E-state index contributed by atoms with van der Waals surface area (Å²) < 4.78 is 39.8. The number of hydrogen-bond donors (Lipinski definition) is 1. The fourth-order valence-electron chi connectivity index (χ4n) is 4.51. The summed E-state index contributed by atoms with van der Waals surface area (Å²) >= 11 is 0. The van der Waals surface area contributed by atoms with Crippen LogP contribution >= 0.6 is 0 Å². The topological polar surface area (TPSA) is 93.5 Å². The molecular formula is C19H23FN4O3S. The minimum Gasteiger partial charge on any atom is -0.326 e. The van der Waals surface area contributed by atoms with Gasteiger partial charge in [-0.15, -0.1) is 0 Å². The van der Waals surface area contributed by atoms with Gasteiger partial charge in [-0.25, -0.2) is 12.8 Å². The van der Waals surface area contributed by atoms with E-state index in [2.05, 4.69) is 11.4 Å². The Morgan fingerprint density at radius 1 is 1.25 bits per heavy atom. The highest BCUT2D eigenvalue weighted by Gasteiger charge is 2.57. The quantitative estimate of drug-likeness (QED) is 0.754. The molecule has 1 saturated carbocycles. The van der Waals surface area contributed by atoms with Crippen LogP contribution in [0, 0.1) is 34.9 Å². The third kappa shape index (κ3) is 3.52. The van der Waals surface area contributed by atoms with Crippen molar-refractivity contribution in [1.82, 2.24) is 14.5 Å². The van der Waals surface area contributed by atoms with Crippen LogP contribution in [0.25, 0.3) is 0 Å². The van der Waals surface area contributed by atoms with Crippen molar-refractivity contribution in [3.8, 4) is 6.07 Å². The van der Waals surface area contributed by atoms with E-state index in [1.54, 1.807) is 4.90 Å². The molecule has 2 heterocycles. The Morgan fingerprint density at radius 3 is 2.57 bits per heavy atom. The number of carbonyl (C=O) groups is 1. The van der Waals surface area contributed by atoms with Gasteiger partial charge in [-0.3, -0.25) is 4.79 Å². The molecule has 3 atom stereocenters. The number of amides is 1. The van der Waals surface area contributed by atoms with E-state index in [0.717, 1.165) is 25.0 Å². The molecule has 0 radical (unpaired) electrons. The zero-order valence-electron chi connectivity index (χ0n) is 15.4. The summed E-state index contributed by atoms with van der Waals surface area (Å²) in [5.74, 6) is 0.472. The Kier molecular flexibility index (Phi) is 5.12. The zero-order valence-corrected chi connectivity index (χ0v) is 16.2. The molecule has 0 bridgehead atoms. The monoisotopic (exact) mass is 406 g/mol. The van der Waals surface area contributed by atoms with Crippen LogP contribution in [0.2, 0.25) is 0 Å². The van der Waals surface area contributed by atoms with Gasteiger partial charge in [0.25, 0.3) is 0 Å². The Labute approximate surface area is 164 Å². The van der Waals surface area contributed by atoms with Crippen LogP contribution in [0.5, 0.6) is 0 Å². The van der Waals surface area contributed by atoms with Crippen molar-refractivity contribution >= 4 is 15.9 Å². The Hall–Kier alpha value is -2.02. The molecular weight excluding hydrogens is 383 g/mol. The Morgan fingerprint density at radius 2 is 1.93 bits per heavy atom. The molecule has 4 rings (SSSR count). The van der Waals surface area contributed by atoms with Crippen LogP contribution in [-0.2, 0) is 14.8 Å². The molecule has 1 aromatic carbocycles. The largest absolute Gasteiger partial charge is 0.326 e. The SMILES string of the molecule is N#C[C@@H]1CCCN1C(=O)CNCC1C2CN(S(=O)(=O)c3ccc(F)cc3)CC12. The van der Waals surface area contributed by atoms with Crippen LogP contribution in [0.15, 0.2) is 29.2 Å². The fraction of sp³-hybridized carbons (Fsp3) is 0.579. The molecule has 3 aliphatic rings. The molecule has 0 spiro atoms. The number of fused-ring (bicyclic) bond motifs is 1. The van der Waals surface area contributed by atoms with Gasteiger partial charge in [0.1, 0.15) is 11.9 Å². The number of benzene rings is 1. The normalized spacial score (nSPS) is 29.5. The van der Waals surface area contributed by atoms with Crippen molar-refractivity contribution in [2.24, 2.45) is 17.8 Å². The van der Waals surface area contributed by atoms with E-state index in [0.29, 0.717) is 43.9 Å². The van der Waals surface area contributed by atoms with Crippen molar-refractivity contribution in [3.63, 3.8) is 0 Å². The van der Waals surface area contributed by atoms with Crippen LogP contribution in [0.3, 0.4) is 0 Å². The van der Waals surface area contributed by atoms with E-state index in [1.165, 1.54) is 16.4 Å². The Balaban J connectivity index is 1.24. The van der Waals surface area contributed by atoms with Crippen molar-refractivity contribution in [2.45, 2.75) is 23.8 Å². The zero-order chi connectivity index (χ0) is 19.9. The number of halogens is 1.